The van der Waals surface area contributed by atoms with Crippen LogP contribution in [-0.2, 0) is 28.8 Å². The Morgan fingerprint density at radius 3 is 0.560 bits per heavy atom. The Bertz CT molecular complexity index is 307. The van der Waals surface area contributed by atoms with Crippen molar-refractivity contribution in [2.75, 3.05) is 0 Å². The molecular weight excluding hydrogens is 381 g/mol. The van der Waals surface area contributed by atoms with Crippen LogP contribution in [0.2, 0.25) is 0 Å². The molecule has 0 aliphatic carbocycles. The third-order valence-electron chi connectivity index (χ3n) is 0.183. The van der Waals surface area contributed by atoms with Gasteiger partial charge in [-0.1, -0.05) is 0 Å². The van der Waals surface area contributed by atoms with Crippen LogP contribution in [0, 0.1) is 0 Å². The van der Waals surface area contributed by atoms with Gasteiger partial charge >= 0.3 is 101 Å². The van der Waals surface area contributed by atoms with Crippen LogP contribution in [0.4, 0.5) is 0 Å². The van der Waals surface area contributed by atoms with Gasteiger partial charge in [-0.05, 0) is 20.8 Å². The Hall–Kier alpha value is -0.180. The minimum atomic E-state index is -1.82. The third-order valence-corrected chi connectivity index (χ3v) is 0.183. The van der Waals surface area contributed by atoms with Gasteiger partial charge in [-0.2, -0.15) is 0 Å². The molecule has 0 saturated carbocycles. The average Bonchev–Trinajstić information content (AvgIpc) is 2.12. The first-order valence-corrected chi connectivity index (χ1v) is 4.76. The van der Waals surface area contributed by atoms with Crippen LogP contribution < -0.4 is 104 Å². The van der Waals surface area contributed by atoms with Gasteiger partial charge in [0.2, 0.25) is 0 Å². The molecule has 0 aliphatic rings. The maximum atomic E-state index is 9.10. The first kappa shape index (κ1) is 49.8. The van der Waals surface area contributed by atoms with E-state index in [-0.39, 0.29) is 88.7 Å². The van der Waals surface area contributed by atoms with E-state index < -0.39 is 35.8 Å². The second kappa shape index (κ2) is 39.1. The molecule has 0 aromatic carbocycles. The SMILES string of the molecule is CC(=O)O.CC(=O)[O-].CC(=O)[O-].CC(=O)[O-].O=C(O)C(=O)O.[Na+].[Na+].[Na+]. The summed E-state index contributed by atoms with van der Waals surface area (Å²) in [6, 6.07) is 0. The zero-order valence-electron chi connectivity index (χ0n) is 15.0. The van der Waals surface area contributed by atoms with Crippen molar-refractivity contribution in [2.45, 2.75) is 27.7 Å². The van der Waals surface area contributed by atoms with Gasteiger partial charge < -0.3 is 45.0 Å². The fraction of sp³-hybridized carbons (Fsp3) is 0.400. The maximum absolute atomic E-state index is 9.10. The van der Waals surface area contributed by atoms with E-state index in [9.17, 15) is 0 Å². The van der Waals surface area contributed by atoms with Crippen LogP contribution in [0.5, 0.6) is 0 Å². The first-order chi connectivity index (χ1) is 9.57. The summed E-state index contributed by atoms with van der Waals surface area (Å²) in [4.78, 5) is 53.9. The molecule has 0 rings (SSSR count). The number of hydrogen-bond donors (Lipinski definition) is 3. The minimum Gasteiger partial charge on any atom is -0.550 e. The molecule has 0 bridgehead atoms. The molecule has 0 heterocycles. The van der Waals surface area contributed by atoms with Crippen LogP contribution >= 0.6 is 0 Å². The van der Waals surface area contributed by atoms with Gasteiger partial charge in [0, 0.05) is 24.8 Å². The van der Waals surface area contributed by atoms with E-state index in [1.807, 2.05) is 0 Å². The Balaban J connectivity index is -0.0000000236. The summed E-state index contributed by atoms with van der Waals surface area (Å²) in [5, 5.41) is 48.9. The third kappa shape index (κ3) is 777. The molecule has 25 heavy (non-hydrogen) atoms. The van der Waals surface area contributed by atoms with Crippen molar-refractivity contribution in [3.63, 3.8) is 0 Å². The van der Waals surface area contributed by atoms with Crippen LogP contribution in [0.1, 0.15) is 27.7 Å². The Kier molecular flexibility index (Phi) is 77.8. The van der Waals surface area contributed by atoms with Crippen LogP contribution in [0.3, 0.4) is 0 Å². The summed E-state index contributed by atoms with van der Waals surface area (Å²) < 4.78 is 0. The van der Waals surface area contributed by atoms with Crippen molar-refractivity contribution in [2.24, 2.45) is 0 Å². The normalized spacial score (nSPS) is 5.76. The number of aliphatic carboxylic acids is 6. The number of rotatable bonds is 0. The Labute approximate surface area is 209 Å². The van der Waals surface area contributed by atoms with Crippen molar-refractivity contribution in [1.29, 1.82) is 0 Å². The molecular formula is C10H15Na3O12. The largest absolute Gasteiger partial charge is 1.00 e. The summed E-state index contributed by atoms with van der Waals surface area (Å²) in [5.74, 6) is -7.73. The predicted octanol–water partition coefficient (Wildman–Crippen LogP) is -13.5. The van der Waals surface area contributed by atoms with E-state index in [0.29, 0.717) is 0 Å². The number of carboxylic acid groups (broad SMARTS) is 6. The zero-order chi connectivity index (χ0) is 19.5. The quantitative estimate of drug-likeness (QED) is 0.256. The van der Waals surface area contributed by atoms with Crippen LogP contribution in [0.15, 0.2) is 0 Å². The van der Waals surface area contributed by atoms with Crippen molar-refractivity contribution >= 4 is 35.8 Å². The summed E-state index contributed by atoms with van der Waals surface area (Å²) in [6.45, 7) is 4.00. The van der Waals surface area contributed by atoms with Crippen molar-refractivity contribution in [3.05, 3.63) is 0 Å². The molecule has 0 spiro atoms. The molecule has 12 nitrogen and oxygen atoms in total. The minimum absolute atomic E-state index is 0. The van der Waals surface area contributed by atoms with Gasteiger partial charge in [0.25, 0.3) is 5.97 Å². The van der Waals surface area contributed by atoms with Gasteiger partial charge in [0.1, 0.15) is 0 Å². The van der Waals surface area contributed by atoms with E-state index >= 15 is 0 Å². The summed E-state index contributed by atoms with van der Waals surface area (Å²) >= 11 is 0. The monoisotopic (exact) mass is 396 g/mol. The number of carbonyl (C=O) groups excluding carboxylic acids is 3. The Morgan fingerprint density at radius 2 is 0.560 bits per heavy atom. The number of carbonyl (C=O) groups is 6. The van der Waals surface area contributed by atoms with Crippen molar-refractivity contribution in [3.8, 4) is 0 Å². The summed E-state index contributed by atoms with van der Waals surface area (Å²) in [6.07, 6.45) is 0. The molecule has 0 amide bonds. The second-order valence-electron chi connectivity index (χ2n) is 2.60. The smallest absolute Gasteiger partial charge is 0.550 e. The van der Waals surface area contributed by atoms with Gasteiger partial charge in [0.15, 0.2) is 0 Å². The van der Waals surface area contributed by atoms with E-state index in [4.69, 9.17) is 59.4 Å². The molecule has 0 fully saturated rings. The number of hydrogen-bond acceptors (Lipinski definition) is 9. The van der Waals surface area contributed by atoms with Crippen LogP contribution in [-0.4, -0.2) is 51.1 Å². The fourth-order valence-corrected chi connectivity index (χ4v) is 0. The summed E-state index contributed by atoms with van der Waals surface area (Å²) in [7, 11) is 0. The summed E-state index contributed by atoms with van der Waals surface area (Å²) in [5.41, 5.74) is 0. The van der Waals surface area contributed by atoms with E-state index in [0.717, 1.165) is 27.7 Å². The second-order valence-corrected chi connectivity index (χ2v) is 2.60. The molecule has 0 atom stereocenters. The van der Waals surface area contributed by atoms with Crippen molar-refractivity contribution in [1.82, 2.24) is 0 Å². The molecule has 0 aromatic heterocycles. The van der Waals surface area contributed by atoms with Gasteiger partial charge in [-0.3, -0.25) is 4.79 Å². The Morgan fingerprint density at radius 1 is 0.520 bits per heavy atom. The molecule has 0 unspecified atom stereocenters. The van der Waals surface area contributed by atoms with Gasteiger partial charge in [-0.15, -0.1) is 0 Å². The molecule has 0 radical (unpaired) electrons. The molecule has 3 N–H and O–H groups in total. The zero-order valence-corrected chi connectivity index (χ0v) is 21.0. The predicted molar refractivity (Wildman–Crippen MR) is 60.6 cm³/mol. The van der Waals surface area contributed by atoms with Crippen molar-refractivity contribution < 1.29 is 148 Å². The fourth-order valence-electron chi connectivity index (χ4n) is 0. The van der Waals surface area contributed by atoms with Crippen LogP contribution in [0.25, 0.3) is 0 Å². The van der Waals surface area contributed by atoms with Gasteiger partial charge in [0.05, 0.1) is 0 Å². The molecule has 15 heteroatoms. The van der Waals surface area contributed by atoms with E-state index in [1.54, 1.807) is 0 Å². The molecule has 0 saturated heterocycles. The molecule has 0 aliphatic heterocycles. The van der Waals surface area contributed by atoms with E-state index in [2.05, 4.69) is 0 Å². The standard InChI is InChI=1S/C2H2O4.4C2H4O2.3Na/c3-1(4)2(5)6;4*1-2(3)4;;;/h(H,3,4)(H,5,6);4*1H3,(H,3,4);;;/q;;;;;3*+1/p-3. The first-order valence-electron chi connectivity index (χ1n) is 4.76. The topological polar surface area (TPSA) is 232 Å². The van der Waals surface area contributed by atoms with Gasteiger partial charge in [-0.25, -0.2) is 9.59 Å². The molecule has 130 valence electrons. The maximum Gasteiger partial charge on any atom is 1.00 e. The number of carboxylic acids is 6. The van der Waals surface area contributed by atoms with E-state index in [1.165, 1.54) is 0 Å². The average molecular weight is 396 g/mol. The molecule has 0 aromatic rings.